The summed E-state index contributed by atoms with van der Waals surface area (Å²) in [4.78, 5) is 1.41. The van der Waals surface area contributed by atoms with Gasteiger partial charge in [-0.05, 0) is 45.7 Å². The van der Waals surface area contributed by atoms with Crippen molar-refractivity contribution in [3.8, 4) is 0 Å². The van der Waals surface area contributed by atoms with Crippen molar-refractivity contribution < 1.29 is 4.90 Å². The van der Waals surface area contributed by atoms with Crippen molar-refractivity contribution in [3.05, 3.63) is 77.6 Å². The van der Waals surface area contributed by atoms with Gasteiger partial charge in [-0.3, -0.25) is 0 Å². The fourth-order valence-electron chi connectivity index (χ4n) is 5.35. The molecule has 1 aliphatic carbocycles. The zero-order valence-electron chi connectivity index (χ0n) is 19.5. The van der Waals surface area contributed by atoms with E-state index in [9.17, 15) is 0 Å². The lowest BCUT2D eigenvalue weighted by Crippen LogP contribution is -3.14. The van der Waals surface area contributed by atoms with Crippen LogP contribution in [0.25, 0.3) is 0 Å². The Morgan fingerprint density at radius 3 is 1.87 bits per heavy atom. The summed E-state index contributed by atoms with van der Waals surface area (Å²) in [6, 6.07) is 21.2. The first-order valence-electron chi connectivity index (χ1n) is 11.5. The Kier molecular flexibility index (Phi) is 5.98. The second kappa shape index (κ2) is 8.54. The number of quaternary nitrogens is 1. The van der Waals surface area contributed by atoms with Crippen LogP contribution in [0.3, 0.4) is 0 Å². The van der Waals surface area contributed by atoms with Crippen LogP contribution in [0, 0.1) is 11.3 Å². The molecule has 3 aromatic rings. The maximum atomic E-state index is 4.67. The molecule has 1 aromatic heterocycles. The maximum Gasteiger partial charge on any atom is 0.213 e. The molecule has 0 atom stereocenters. The van der Waals surface area contributed by atoms with Gasteiger partial charge in [0.25, 0.3) is 0 Å². The zero-order valence-corrected chi connectivity index (χ0v) is 19.5. The van der Waals surface area contributed by atoms with Crippen molar-refractivity contribution in [1.82, 2.24) is 20.2 Å². The number of nitrogens with one attached hydrogen (secondary N) is 1. The molecule has 5 nitrogen and oxygen atoms in total. The predicted molar refractivity (Wildman–Crippen MR) is 124 cm³/mol. The van der Waals surface area contributed by atoms with E-state index >= 15 is 0 Å². The largest absolute Gasteiger partial charge is 0.329 e. The van der Waals surface area contributed by atoms with Gasteiger partial charge < -0.3 is 4.90 Å². The summed E-state index contributed by atoms with van der Waals surface area (Å²) in [6.45, 7) is 7.12. The minimum atomic E-state index is -0.0763. The third-order valence-corrected chi connectivity index (χ3v) is 7.42. The first kappa shape index (κ1) is 21.7. The van der Waals surface area contributed by atoms with Crippen molar-refractivity contribution in [2.45, 2.75) is 58.0 Å². The van der Waals surface area contributed by atoms with Crippen LogP contribution in [0.1, 0.15) is 69.4 Å². The molecule has 5 heteroatoms. The number of hydrogen-bond acceptors (Lipinski definition) is 3. The lowest BCUT2D eigenvalue weighted by Gasteiger charge is -2.44. The molecular weight excluding hydrogens is 382 g/mol. The Morgan fingerprint density at radius 1 is 0.903 bits per heavy atom. The molecule has 0 saturated heterocycles. The smallest absolute Gasteiger partial charge is 0.213 e. The van der Waals surface area contributed by atoms with Gasteiger partial charge >= 0.3 is 0 Å². The Balaban J connectivity index is 1.79. The molecule has 1 N–H and O–H groups in total. The van der Waals surface area contributed by atoms with E-state index < -0.39 is 0 Å². The Bertz CT molecular complexity index is 924. The van der Waals surface area contributed by atoms with Crippen molar-refractivity contribution in [2.24, 2.45) is 11.3 Å². The van der Waals surface area contributed by atoms with Crippen molar-refractivity contribution >= 4 is 0 Å². The fraction of sp³-hybridized carbons (Fsp3) is 0.500. The van der Waals surface area contributed by atoms with Gasteiger partial charge in [0.2, 0.25) is 5.82 Å². The number of rotatable bonds is 5. The van der Waals surface area contributed by atoms with Crippen LogP contribution in [-0.4, -0.2) is 34.3 Å². The van der Waals surface area contributed by atoms with Gasteiger partial charge in [0.15, 0.2) is 5.54 Å². The molecular formula is C26H36N5+. The van der Waals surface area contributed by atoms with E-state index in [0.717, 1.165) is 24.6 Å². The van der Waals surface area contributed by atoms with Crippen LogP contribution in [-0.2, 0) is 5.54 Å². The average molecular weight is 419 g/mol. The molecule has 2 aromatic carbocycles. The number of benzene rings is 2. The van der Waals surface area contributed by atoms with Gasteiger partial charge in [-0.25, -0.2) is 4.68 Å². The summed E-state index contributed by atoms with van der Waals surface area (Å²) >= 11 is 0. The van der Waals surface area contributed by atoms with Crippen LogP contribution in [0.5, 0.6) is 0 Å². The van der Waals surface area contributed by atoms with Gasteiger partial charge in [-0.2, -0.15) is 0 Å². The van der Waals surface area contributed by atoms with Crippen molar-refractivity contribution in [3.63, 3.8) is 0 Å². The molecule has 164 valence electrons. The fourth-order valence-corrected chi connectivity index (χ4v) is 5.35. The van der Waals surface area contributed by atoms with E-state index in [2.05, 4.69) is 116 Å². The molecule has 0 bridgehead atoms. The number of aromatic nitrogens is 4. The normalized spacial score (nSPS) is 22.2. The summed E-state index contributed by atoms with van der Waals surface area (Å²) < 4.78 is 2.09. The molecule has 31 heavy (non-hydrogen) atoms. The summed E-state index contributed by atoms with van der Waals surface area (Å²) in [5.74, 6) is 1.75. The minimum Gasteiger partial charge on any atom is -0.329 e. The van der Waals surface area contributed by atoms with Crippen LogP contribution < -0.4 is 4.90 Å². The highest BCUT2D eigenvalue weighted by molar-refractivity contribution is 5.33. The molecule has 1 fully saturated rings. The Morgan fingerprint density at radius 2 is 1.42 bits per heavy atom. The second-order valence-electron chi connectivity index (χ2n) is 10.4. The average Bonchev–Trinajstić information content (AvgIpc) is 3.24. The van der Waals surface area contributed by atoms with Gasteiger partial charge in [0.1, 0.15) is 6.04 Å². The van der Waals surface area contributed by atoms with E-state index in [1.807, 2.05) is 0 Å². The summed E-state index contributed by atoms with van der Waals surface area (Å²) in [5.41, 5.74) is 2.67. The first-order valence-corrected chi connectivity index (χ1v) is 11.5. The number of nitrogens with zero attached hydrogens (tertiary/aromatic N) is 4. The second-order valence-corrected chi connectivity index (χ2v) is 10.4. The molecule has 0 unspecified atom stereocenters. The van der Waals surface area contributed by atoms with E-state index in [4.69, 9.17) is 0 Å². The number of tetrazole rings is 1. The van der Waals surface area contributed by atoms with Crippen LogP contribution in [0.4, 0.5) is 0 Å². The predicted octanol–water partition coefficient (Wildman–Crippen LogP) is 3.89. The SMILES string of the molecule is C[NH+](C)C1(c2nnnn2C(c2ccccc2)c2ccccc2)CCC(C(C)(C)C)CC1. The van der Waals surface area contributed by atoms with Crippen LogP contribution >= 0.6 is 0 Å². The molecule has 1 aliphatic rings. The summed E-state index contributed by atoms with van der Waals surface area (Å²) in [5, 5.41) is 13.5. The van der Waals surface area contributed by atoms with Crippen LogP contribution in [0.2, 0.25) is 0 Å². The molecule has 4 rings (SSSR count). The first-order chi connectivity index (χ1) is 14.8. The minimum absolute atomic E-state index is 0.0380. The molecule has 0 spiro atoms. The molecule has 1 heterocycles. The Hall–Kier alpha value is -2.53. The number of hydrogen-bond donors (Lipinski definition) is 1. The van der Waals surface area contributed by atoms with E-state index in [-0.39, 0.29) is 11.6 Å². The highest BCUT2D eigenvalue weighted by Gasteiger charge is 2.49. The standard InChI is InChI=1S/C26H35N5/c1-25(2,3)22-16-18-26(19-17-22,30(4)5)24-27-28-29-31(24)23(20-12-8-6-9-13-20)21-14-10-7-11-15-21/h6-15,22-23H,16-19H2,1-5H3/p+1. The molecule has 1 saturated carbocycles. The van der Waals surface area contributed by atoms with Gasteiger partial charge in [0.05, 0.1) is 14.1 Å². The monoisotopic (exact) mass is 418 g/mol. The van der Waals surface area contributed by atoms with Crippen LogP contribution in [0.15, 0.2) is 60.7 Å². The van der Waals surface area contributed by atoms with E-state index in [0.29, 0.717) is 5.41 Å². The quantitative estimate of drug-likeness (QED) is 0.684. The third-order valence-electron chi connectivity index (χ3n) is 7.42. The molecule has 0 radical (unpaired) electrons. The lowest BCUT2D eigenvalue weighted by molar-refractivity contribution is -0.927. The highest BCUT2D eigenvalue weighted by Crippen LogP contribution is 2.44. The van der Waals surface area contributed by atoms with Crippen molar-refractivity contribution in [2.75, 3.05) is 14.1 Å². The van der Waals surface area contributed by atoms with Gasteiger partial charge in [-0.1, -0.05) is 81.4 Å². The third kappa shape index (κ3) is 4.16. The molecule has 0 amide bonds. The van der Waals surface area contributed by atoms with Crippen molar-refractivity contribution in [1.29, 1.82) is 0 Å². The van der Waals surface area contributed by atoms with E-state index in [1.165, 1.54) is 28.9 Å². The Labute approximate surface area is 186 Å². The van der Waals surface area contributed by atoms with Gasteiger partial charge in [0, 0.05) is 12.8 Å². The zero-order chi connectivity index (χ0) is 22.1. The van der Waals surface area contributed by atoms with Gasteiger partial charge in [-0.15, -0.1) is 5.10 Å². The summed E-state index contributed by atoms with van der Waals surface area (Å²) in [6.07, 6.45) is 4.63. The topological polar surface area (TPSA) is 48.0 Å². The summed E-state index contributed by atoms with van der Waals surface area (Å²) in [7, 11) is 4.52. The maximum absolute atomic E-state index is 4.67. The lowest BCUT2D eigenvalue weighted by atomic mass is 9.66. The highest BCUT2D eigenvalue weighted by atomic mass is 15.6. The van der Waals surface area contributed by atoms with E-state index in [1.54, 1.807) is 0 Å². The molecule has 0 aliphatic heterocycles.